The van der Waals surface area contributed by atoms with Crippen molar-refractivity contribution in [2.45, 2.75) is 25.7 Å². The van der Waals surface area contributed by atoms with Crippen LogP contribution in [0.1, 0.15) is 18.1 Å². The van der Waals surface area contributed by atoms with Gasteiger partial charge in [0.05, 0.1) is 37.6 Å². The lowest BCUT2D eigenvalue weighted by molar-refractivity contribution is -0.898. The van der Waals surface area contributed by atoms with Gasteiger partial charge in [0, 0.05) is 11.4 Å². The summed E-state index contributed by atoms with van der Waals surface area (Å²) in [6, 6.07) is 12.9. The molecule has 1 fully saturated rings. The molecule has 2 N–H and O–H groups in total. The average molecular weight is 375 g/mol. The minimum atomic E-state index is -3.57. The van der Waals surface area contributed by atoms with Gasteiger partial charge in [0.25, 0.3) is 10.0 Å². The van der Waals surface area contributed by atoms with E-state index < -0.39 is 10.0 Å². The summed E-state index contributed by atoms with van der Waals surface area (Å²) in [5, 5.41) is 0. The molecule has 1 saturated heterocycles. The van der Waals surface area contributed by atoms with Gasteiger partial charge in [-0.15, -0.1) is 0 Å². The second-order valence-electron chi connectivity index (χ2n) is 6.99. The molecular formula is C20H28N3O2S+. The van der Waals surface area contributed by atoms with Crippen molar-refractivity contribution in [2.75, 3.05) is 42.3 Å². The van der Waals surface area contributed by atoms with Gasteiger partial charge < -0.3 is 9.80 Å². The molecule has 140 valence electrons. The first kappa shape index (κ1) is 18.7. The number of aryl methyl sites for hydroxylation is 2. The van der Waals surface area contributed by atoms with Crippen LogP contribution < -0.4 is 14.5 Å². The molecule has 1 aliphatic rings. The number of hydrogen-bond donors (Lipinski definition) is 2. The van der Waals surface area contributed by atoms with Gasteiger partial charge >= 0.3 is 0 Å². The Labute approximate surface area is 156 Å². The number of hydrogen-bond acceptors (Lipinski definition) is 3. The quantitative estimate of drug-likeness (QED) is 0.840. The number of piperazine rings is 1. The minimum Gasteiger partial charge on any atom is -0.360 e. The van der Waals surface area contributed by atoms with E-state index in [2.05, 4.69) is 16.5 Å². The maximum Gasteiger partial charge on any atom is 0.261 e. The summed E-state index contributed by atoms with van der Waals surface area (Å²) in [5.74, 6) is 0. The number of likely N-dealkylation sites (N-methyl/N-ethyl adjacent to an activating group) is 1. The first-order valence-electron chi connectivity index (χ1n) is 9.17. The molecular weight excluding hydrogens is 346 g/mol. The molecule has 3 rings (SSSR count). The Balaban J connectivity index is 1.70. The molecule has 0 unspecified atom stereocenters. The second kappa shape index (κ2) is 7.68. The number of rotatable bonds is 5. The van der Waals surface area contributed by atoms with E-state index in [0.29, 0.717) is 10.6 Å². The van der Waals surface area contributed by atoms with E-state index in [4.69, 9.17) is 0 Å². The topological polar surface area (TPSA) is 53.9 Å². The molecule has 6 heteroatoms. The number of sulfonamides is 1. The van der Waals surface area contributed by atoms with Crippen LogP contribution in [-0.4, -0.2) is 41.1 Å². The molecule has 0 amide bonds. The molecule has 2 aromatic carbocycles. The lowest BCUT2D eigenvalue weighted by Gasteiger charge is -2.33. The van der Waals surface area contributed by atoms with Gasteiger partial charge in [0.15, 0.2) is 0 Å². The van der Waals surface area contributed by atoms with Crippen LogP contribution in [-0.2, 0) is 10.0 Å². The SMILES string of the molecule is CC[NH+]1CCN(c2ccc(NS(=O)(=O)c3ccc(C)c(C)c3)cc2)CC1. The largest absolute Gasteiger partial charge is 0.360 e. The Hall–Kier alpha value is -2.05. The maximum atomic E-state index is 12.6. The van der Waals surface area contributed by atoms with Crippen molar-refractivity contribution in [3.05, 3.63) is 53.6 Å². The Morgan fingerprint density at radius 2 is 1.65 bits per heavy atom. The molecule has 1 heterocycles. The lowest BCUT2D eigenvalue weighted by atomic mass is 10.1. The highest BCUT2D eigenvalue weighted by atomic mass is 32.2. The number of benzene rings is 2. The first-order valence-corrected chi connectivity index (χ1v) is 10.7. The van der Waals surface area contributed by atoms with Gasteiger partial charge in [-0.05, 0) is 68.3 Å². The van der Waals surface area contributed by atoms with Crippen LogP contribution in [0.4, 0.5) is 11.4 Å². The number of nitrogens with one attached hydrogen (secondary N) is 2. The normalized spacial score (nSPS) is 15.9. The molecule has 2 aromatic rings. The van der Waals surface area contributed by atoms with E-state index in [0.717, 1.165) is 43.0 Å². The van der Waals surface area contributed by atoms with Crippen molar-refractivity contribution in [2.24, 2.45) is 0 Å². The fourth-order valence-electron chi connectivity index (χ4n) is 3.27. The third-order valence-electron chi connectivity index (χ3n) is 5.24. The molecule has 5 nitrogen and oxygen atoms in total. The van der Waals surface area contributed by atoms with Gasteiger partial charge in [-0.25, -0.2) is 8.42 Å². The fourth-order valence-corrected chi connectivity index (χ4v) is 4.41. The minimum absolute atomic E-state index is 0.295. The zero-order chi connectivity index (χ0) is 18.7. The molecule has 26 heavy (non-hydrogen) atoms. The molecule has 0 aromatic heterocycles. The zero-order valence-corrected chi connectivity index (χ0v) is 16.6. The fraction of sp³-hybridized carbons (Fsp3) is 0.400. The smallest absolute Gasteiger partial charge is 0.261 e. The average Bonchev–Trinajstić information content (AvgIpc) is 2.64. The summed E-state index contributed by atoms with van der Waals surface area (Å²) in [7, 11) is -3.57. The van der Waals surface area contributed by atoms with Crippen LogP contribution in [0.25, 0.3) is 0 Å². The summed E-state index contributed by atoms with van der Waals surface area (Å²) < 4.78 is 27.9. The predicted molar refractivity (Wildman–Crippen MR) is 107 cm³/mol. The molecule has 0 bridgehead atoms. The van der Waals surface area contributed by atoms with Crippen molar-refractivity contribution >= 4 is 21.4 Å². The third-order valence-corrected chi connectivity index (χ3v) is 6.62. The highest BCUT2D eigenvalue weighted by molar-refractivity contribution is 7.92. The summed E-state index contributed by atoms with van der Waals surface area (Å²) >= 11 is 0. The van der Waals surface area contributed by atoms with E-state index in [9.17, 15) is 8.42 Å². The summed E-state index contributed by atoms with van der Waals surface area (Å²) in [6.45, 7) is 11.7. The highest BCUT2D eigenvalue weighted by Crippen LogP contribution is 2.22. The number of nitrogens with zero attached hydrogens (tertiary/aromatic N) is 1. The monoisotopic (exact) mass is 374 g/mol. The van der Waals surface area contributed by atoms with Crippen molar-refractivity contribution in [1.29, 1.82) is 0 Å². The molecule has 0 aliphatic carbocycles. The third kappa shape index (κ3) is 4.19. The van der Waals surface area contributed by atoms with E-state index >= 15 is 0 Å². The first-order chi connectivity index (χ1) is 12.4. The molecule has 1 aliphatic heterocycles. The second-order valence-corrected chi connectivity index (χ2v) is 8.67. The van der Waals surface area contributed by atoms with Crippen LogP contribution >= 0.6 is 0 Å². The lowest BCUT2D eigenvalue weighted by Crippen LogP contribution is -3.14. The van der Waals surface area contributed by atoms with Crippen molar-refractivity contribution in [3.63, 3.8) is 0 Å². The number of quaternary nitrogens is 1. The van der Waals surface area contributed by atoms with E-state index in [1.54, 1.807) is 17.0 Å². The Kier molecular flexibility index (Phi) is 5.53. The maximum absolute atomic E-state index is 12.6. The van der Waals surface area contributed by atoms with Crippen LogP contribution in [0.3, 0.4) is 0 Å². The van der Waals surface area contributed by atoms with Gasteiger partial charge in [-0.2, -0.15) is 0 Å². The highest BCUT2D eigenvalue weighted by Gasteiger charge is 2.19. The van der Waals surface area contributed by atoms with Crippen LogP contribution in [0.5, 0.6) is 0 Å². The summed E-state index contributed by atoms with van der Waals surface area (Å²) in [4.78, 5) is 4.29. The molecule has 0 radical (unpaired) electrons. The van der Waals surface area contributed by atoms with Crippen LogP contribution in [0.2, 0.25) is 0 Å². The Bertz CT molecular complexity index is 855. The molecule has 0 spiro atoms. The van der Waals surface area contributed by atoms with E-state index in [1.807, 2.05) is 44.2 Å². The van der Waals surface area contributed by atoms with E-state index in [-0.39, 0.29) is 0 Å². The van der Waals surface area contributed by atoms with Gasteiger partial charge in [0.2, 0.25) is 0 Å². The van der Waals surface area contributed by atoms with Crippen molar-refractivity contribution in [3.8, 4) is 0 Å². The van der Waals surface area contributed by atoms with Gasteiger partial charge in [-0.3, -0.25) is 4.72 Å². The summed E-state index contributed by atoms with van der Waals surface area (Å²) in [6.07, 6.45) is 0. The van der Waals surface area contributed by atoms with Crippen molar-refractivity contribution in [1.82, 2.24) is 0 Å². The Morgan fingerprint density at radius 3 is 2.23 bits per heavy atom. The predicted octanol–water partition coefficient (Wildman–Crippen LogP) is 1.83. The van der Waals surface area contributed by atoms with Crippen LogP contribution in [0.15, 0.2) is 47.4 Å². The standard InChI is InChI=1S/C20H27N3O2S/c1-4-22-11-13-23(14-12-22)19-8-6-18(7-9-19)21-26(24,25)20-10-5-16(2)17(3)15-20/h5-10,15,21H,4,11-14H2,1-3H3/p+1. The molecule has 0 atom stereocenters. The summed E-state index contributed by atoms with van der Waals surface area (Å²) in [5.41, 5.74) is 3.79. The van der Waals surface area contributed by atoms with Crippen molar-refractivity contribution < 1.29 is 13.3 Å². The Morgan fingerprint density at radius 1 is 1.00 bits per heavy atom. The van der Waals surface area contributed by atoms with Gasteiger partial charge in [0.1, 0.15) is 0 Å². The van der Waals surface area contributed by atoms with E-state index in [1.165, 1.54) is 6.54 Å². The molecule has 0 saturated carbocycles. The van der Waals surface area contributed by atoms with Gasteiger partial charge in [-0.1, -0.05) is 6.07 Å². The van der Waals surface area contributed by atoms with Crippen LogP contribution in [0, 0.1) is 13.8 Å². The zero-order valence-electron chi connectivity index (χ0n) is 15.7. The number of anilines is 2.